The summed E-state index contributed by atoms with van der Waals surface area (Å²) in [5.41, 5.74) is 6.45. The van der Waals surface area contributed by atoms with E-state index in [1.54, 1.807) is 30.3 Å². The molecule has 12 heteroatoms. The number of methoxy groups -OCH3 is 3. The van der Waals surface area contributed by atoms with Crippen LogP contribution in [0.5, 0.6) is 17.2 Å². The Bertz CT molecular complexity index is 1350. The topological polar surface area (TPSA) is 150 Å². The number of carboxylic acids is 1. The van der Waals surface area contributed by atoms with Gasteiger partial charge in [-0.25, -0.2) is 4.31 Å². The first-order valence-corrected chi connectivity index (χ1v) is 11.9. The van der Waals surface area contributed by atoms with Gasteiger partial charge in [0.25, 0.3) is 15.9 Å². The summed E-state index contributed by atoms with van der Waals surface area (Å²) in [7, 11) is 1.07. The highest BCUT2D eigenvalue weighted by Crippen LogP contribution is 2.46. The van der Waals surface area contributed by atoms with Crippen LogP contribution in [0.3, 0.4) is 0 Å². The van der Waals surface area contributed by atoms with E-state index in [1.165, 1.54) is 45.1 Å². The highest BCUT2D eigenvalue weighted by molar-refractivity contribution is 7.93. The second-order valence-corrected chi connectivity index (χ2v) is 9.28. The van der Waals surface area contributed by atoms with Gasteiger partial charge in [-0.3, -0.25) is 9.59 Å². The number of fused-ring (bicyclic) bond motifs is 1. The minimum absolute atomic E-state index is 0.0418. The molecule has 0 bridgehead atoms. The first kappa shape index (κ1) is 25.8. The number of carboxylic acid groups (broad SMARTS) is 1. The number of anilines is 1. The number of carbonyl (C=O) groups excluding carboxylic acids is 1. The van der Waals surface area contributed by atoms with Gasteiger partial charge in [0, 0.05) is 13.5 Å². The maximum Gasteiger partial charge on any atom is 0.303 e. The summed E-state index contributed by atoms with van der Waals surface area (Å²) in [4.78, 5) is 24.3. The molecule has 1 heterocycles. The minimum Gasteiger partial charge on any atom is -0.493 e. The van der Waals surface area contributed by atoms with Gasteiger partial charge in [-0.15, -0.1) is 0 Å². The van der Waals surface area contributed by atoms with Gasteiger partial charge in [0.05, 0.1) is 44.0 Å². The summed E-state index contributed by atoms with van der Waals surface area (Å²) >= 11 is 0. The Morgan fingerprint density at radius 3 is 2.20 bits per heavy atom. The Morgan fingerprint density at radius 2 is 1.66 bits per heavy atom. The third kappa shape index (κ3) is 4.62. The number of nitrogens with two attached hydrogens (primary N) is 1. The van der Waals surface area contributed by atoms with Crippen molar-refractivity contribution in [2.45, 2.75) is 23.9 Å². The number of aliphatic carboxylic acids is 1. The van der Waals surface area contributed by atoms with Gasteiger partial charge < -0.3 is 29.6 Å². The predicted molar refractivity (Wildman–Crippen MR) is 129 cm³/mol. The number of aryl methyl sites for hydroxylation is 1. The van der Waals surface area contributed by atoms with Gasteiger partial charge in [0.1, 0.15) is 0 Å². The highest BCUT2D eigenvalue weighted by Gasteiger charge is 2.40. The number of amides is 1. The van der Waals surface area contributed by atoms with Gasteiger partial charge in [-0.2, -0.15) is 8.42 Å². The van der Waals surface area contributed by atoms with Crippen LogP contribution in [0.1, 0.15) is 12.8 Å². The molecule has 0 saturated heterocycles. The summed E-state index contributed by atoms with van der Waals surface area (Å²) < 4.78 is 46.5. The zero-order chi connectivity index (χ0) is 25.9. The van der Waals surface area contributed by atoms with E-state index in [4.69, 9.17) is 25.1 Å². The molecule has 35 heavy (non-hydrogen) atoms. The number of sulfonamides is 1. The minimum atomic E-state index is -4.62. The first-order chi connectivity index (χ1) is 16.6. The van der Waals surface area contributed by atoms with Crippen LogP contribution < -0.4 is 24.2 Å². The third-order valence-electron chi connectivity index (χ3n) is 5.48. The maximum atomic E-state index is 14.1. The molecule has 0 aliphatic rings. The number of para-hydroxylation sites is 1. The van der Waals surface area contributed by atoms with Crippen molar-refractivity contribution in [1.29, 1.82) is 0 Å². The molecule has 0 saturated carbocycles. The van der Waals surface area contributed by atoms with E-state index in [9.17, 15) is 18.0 Å². The zero-order valence-electron chi connectivity index (χ0n) is 19.7. The van der Waals surface area contributed by atoms with E-state index in [0.29, 0.717) is 21.0 Å². The number of hydrogen-bond acceptors (Lipinski definition) is 8. The molecule has 11 nitrogen and oxygen atoms in total. The Kier molecular flexibility index (Phi) is 7.56. The molecule has 3 N–H and O–H groups in total. The van der Waals surface area contributed by atoms with Crippen LogP contribution in [0, 0.1) is 0 Å². The number of nitrogens with zero attached hydrogens (tertiary/aromatic N) is 2. The van der Waals surface area contributed by atoms with Crippen molar-refractivity contribution in [3.8, 4) is 17.2 Å². The van der Waals surface area contributed by atoms with E-state index in [-0.39, 0.29) is 28.6 Å². The number of carbonyl (C=O) groups is 2. The lowest BCUT2D eigenvalue weighted by Gasteiger charge is -2.25. The fourth-order valence-electron chi connectivity index (χ4n) is 3.85. The van der Waals surface area contributed by atoms with Crippen molar-refractivity contribution in [2.75, 3.05) is 25.6 Å². The van der Waals surface area contributed by atoms with E-state index in [0.717, 1.165) is 0 Å². The van der Waals surface area contributed by atoms with Crippen LogP contribution in [0.2, 0.25) is 0 Å². The van der Waals surface area contributed by atoms with Gasteiger partial charge in [0.2, 0.25) is 0 Å². The van der Waals surface area contributed by atoms with Gasteiger partial charge in [0.15, 0.2) is 22.3 Å². The summed E-state index contributed by atoms with van der Waals surface area (Å²) in [5, 5.41) is 9.00. The van der Waals surface area contributed by atoms with E-state index in [2.05, 4.69) is 0 Å². The molecule has 1 atom stereocenters. The standard InChI is InChI=1S/C23H27N3O8S/c1-25-16-11-12-17(32-2)20(33-3)19(16)21(34-4)23(25)35(30,31)26(14-8-6-5-7-9-14)22(29)15(24)10-13-18(27)28/h5-9,11-12,15H,10,13,24H2,1-4H3,(H,27,28)/t15-/m0/s1. The second kappa shape index (κ2) is 10.2. The van der Waals surface area contributed by atoms with Crippen molar-refractivity contribution >= 4 is 38.5 Å². The highest BCUT2D eigenvalue weighted by atomic mass is 32.2. The molecule has 188 valence electrons. The fraction of sp³-hybridized carbons (Fsp3) is 0.304. The van der Waals surface area contributed by atoms with Crippen LogP contribution in [-0.2, 0) is 26.7 Å². The summed E-state index contributed by atoms with van der Waals surface area (Å²) in [6, 6.07) is 9.58. The molecular weight excluding hydrogens is 478 g/mol. The Morgan fingerprint density at radius 1 is 1.03 bits per heavy atom. The zero-order valence-corrected chi connectivity index (χ0v) is 20.5. The van der Waals surface area contributed by atoms with Crippen LogP contribution in [0.4, 0.5) is 5.69 Å². The molecule has 0 unspecified atom stereocenters. The van der Waals surface area contributed by atoms with E-state index < -0.39 is 34.4 Å². The van der Waals surface area contributed by atoms with Crippen molar-refractivity contribution in [3.05, 3.63) is 42.5 Å². The molecule has 0 spiro atoms. The number of benzene rings is 2. The number of rotatable bonds is 10. The molecule has 3 rings (SSSR count). The van der Waals surface area contributed by atoms with Crippen molar-refractivity contribution in [2.24, 2.45) is 12.8 Å². The lowest BCUT2D eigenvalue weighted by Crippen LogP contribution is -2.47. The summed E-state index contributed by atoms with van der Waals surface area (Å²) in [6.45, 7) is 0. The second-order valence-electron chi connectivity index (χ2n) is 7.57. The van der Waals surface area contributed by atoms with Crippen LogP contribution in [0.25, 0.3) is 10.9 Å². The average Bonchev–Trinajstić information content (AvgIpc) is 3.14. The van der Waals surface area contributed by atoms with Gasteiger partial charge >= 0.3 is 5.97 Å². The number of aromatic nitrogens is 1. The summed E-state index contributed by atoms with van der Waals surface area (Å²) in [5.74, 6) is -1.56. The molecule has 0 radical (unpaired) electrons. The molecule has 0 aliphatic heterocycles. The van der Waals surface area contributed by atoms with Crippen molar-refractivity contribution in [3.63, 3.8) is 0 Å². The van der Waals surface area contributed by atoms with Gasteiger partial charge in [-0.1, -0.05) is 18.2 Å². The maximum absolute atomic E-state index is 14.1. The van der Waals surface area contributed by atoms with Crippen molar-refractivity contribution in [1.82, 2.24) is 4.57 Å². The van der Waals surface area contributed by atoms with Crippen LogP contribution in [0.15, 0.2) is 47.5 Å². The van der Waals surface area contributed by atoms with Gasteiger partial charge in [-0.05, 0) is 30.7 Å². The third-order valence-corrected chi connectivity index (χ3v) is 7.30. The molecule has 1 amide bonds. The molecule has 1 aromatic heterocycles. The summed E-state index contributed by atoms with van der Waals surface area (Å²) in [6.07, 6.45) is -0.645. The largest absolute Gasteiger partial charge is 0.493 e. The molecule has 0 aliphatic carbocycles. The lowest BCUT2D eigenvalue weighted by molar-refractivity contribution is -0.137. The average molecular weight is 506 g/mol. The van der Waals surface area contributed by atoms with Crippen molar-refractivity contribution < 1.29 is 37.3 Å². The first-order valence-electron chi connectivity index (χ1n) is 10.5. The van der Waals surface area contributed by atoms with Crippen LogP contribution in [-0.4, -0.2) is 57.3 Å². The van der Waals surface area contributed by atoms with E-state index >= 15 is 0 Å². The quantitative estimate of drug-likeness (QED) is 0.422. The monoisotopic (exact) mass is 505 g/mol. The number of ether oxygens (including phenoxy) is 3. The van der Waals surface area contributed by atoms with E-state index in [1.807, 2.05) is 0 Å². The normalized spacial score (nSPS) is 12.3. The lowest BCUT2D eigenvalue weighted by atomic mass is 10.1. The predicted octanol–water partition coefficient (Wildman–Crippen LogP) is 2.12. The smallest absolute Gasteiger partial charge is 0.303 e. The number of hydrogen-bond donors (Lipinski definition) is 2. The van der Waals surface area contributed by atoms with Crippen LogP contribution >= 0.6 is 0 Å². The Hall–Kier alpha value is -3.77. The molecule has 3 aromatic rings. The fourth-order valence-corrected chi connectivity index (χ4v) is 5.66. The molecule has 0 fully saturated rings. The Labute approximate surface area is 202 Å². The SMILES string of the molecule is COc1ccc2c(c1OC)c(OC)c(S(=O)(=O)N(C(=O)[C@@H](N)CCC(=O)O)c1ccccc1)n2C. The Balaban J connectivity index is 2.29. The molecular formula is C23H27N3O8S. The molecule has 2 aromatic carbocycles.